The fourth-order valence-electron chi connectivity index (χ4n) is 1.61. The molecule has 0 saturated heterocycles. The van der Waals surface area contributed by atoms with Gasteiger partial charge in [-0.15, -0.1) is 0 Å². The predicted molar refractivity (Wildman–Crippen MR) is 63.9 cm³/mol. The number of fused-ring (bicyclic) bond motifs is 1. The van der Waals surface area contributed by atoms with E-state index in [-0.39, 0.29) is 6.42 Å². The van der Waals surface area contributed by atoms with Crippen LogP contribution in [0.1, 0.15) is 18.4 Å². The van der Waals surface area contributed by atoms with E-state index in [1.807, 2.05) is 15.1 Å². The maximum absolute atomic E-state index is 10.5. The Labute approximate surface area is 107 Å². The third kappa shape index (κ3) is 2.67. The number of carboxylic acid groups (broad SMARTS) is 1. The van der Waals surface area contributed by atoms with Crippen molar-refractivity contribution >= 4 is 39.9 Å². The number of carbonyl (C=O) groups is 1. The quantitative estimate of drug-likeness (QED) is 0.681. The zero-order valence-electron chi connectivity index (χ0n) is 8.55. The molecule has 84 valence electrons. The normalized spacial score (nSPS) is 14.8. The van der Waals surface area contributed by atoms with Crippen LogP contribution in [0.4, 0.5) is 0 Å². The molecule has 0 fully saturated rings. The molecule has 1 heterocycles. The fraction of sp³-hybridized carbons (Fsp3) is 0.273. The van der Waals surface area contributed by atoms with Gasteiger partial charge in [0.15, 0.2) is 0 Å². The number of hydrogen-bond acceptors (Lipinski definition) is 2. The topological polar surface area (TPSA) is 40.3 Å². The molecule has 1 aliphatic rings. The van der Waals surface area contributed by atoms with E-state index in [1.54, 1.807) is 11.9 Å². The second-order valence-electron chi connectivity index (χ2n) is 3.59. The monoisotopic (exact) mass is 301 g/mol. The molecule has 3 nitrogen and oxygen atoms in total. The minimum absolute atomic E-state index is 0.191. The van der Waals surface area contributed by atoms with Gasteiger partial charge >= 0.3 is 107 Å². The summed E-state index contributed by atoms with van der Waals surface area (Å²) in [4.78, 5) is 11.8. The molecule has 0 aromatic heterocycles. The fourth-order valence-corrected chi connectivity index (χ4v) is 3.30. The van der Waals surface area contributed by atoms with Gasteiger partial charge in [0.25, 0.3) is 0 Å². The third-order valence-electron chi connectivity index (χ3n) is 2.43. The van der Waals surface area contributed by atoms with Gasteiger partial charge in [0.05, 0.1) is 0 Å². The molecular formula is C11H11NO2SSe. The van der Waals surface area contributed by atoms with Crippen LogP contribution in [0.5, 0.6) is 0 Å². The number of nitrogens with zero attached hydrogens (tertiary/aromatic N) is 1. The Morgan fingerprint density at radius 3 is 3.00 bits per heavy atom. The van der Waals surface area contributed by atoms with Crippen LogP contribution in [0.15, 0.2) is 29.2 Å². The van der Waals surface area contributed by atoms with Gasteiger partial charge in [-0.05, 0) is 0 Å². The van der Waals surface area contributed by atoms with Crippen LogP contribution in [0.25, 0.3) is 0 Å². The van der Waals surface area contributed by atoms with Crippen molar-refractivity contribution in [1.82, 2.24) is 0 Å². The molecule has 0 aliphatic carbocycles. The van der Waals surface area contributed by atoms with E-state index in [0.29, 0.717) is 6.42 Å². The number of benzene rings is 1. The van der Waals surface area contributed by atoms with E-state index in [2.05, 4.69) is 28.4 Å². The molecule has 0 atom stereocenters. The van der Waals surface area contributed by atoms with E-state index in [4.69, 9.17) is 5.11 Å². The Bertz CT molecular complexity index is 459. The van der Waals surface area contributed by atoms with Crippen LogP contribution in [-0.2, 0) is 11.2 Å². The van der Waals surface area contributed by atoms with Crippen molar-refractivity contribution in [3.8, 4) is 0 Å². The second kappa shape index (κ2) is 5.04. The van der Waals surface area contributed by atoms with Gasteiger partial charge in [-0.1, -0.05) is 0 Å². The first-order valence-corrected chi connectivity index (χ1v) is 6.50. The molecule has 1 aromatic carbocycles. The number of hydrogen-bond donors (Lipinski definition) is 1. The first kappa shape index (κ1) is 11.7. The minimum atomic E-state index is -0.746. The van der Waals surface area contributed by atoms with E-state index in [0.717, 1.165) is 12.1 Å². The number of rotatable bonds is 3. The summed E-state index contributed by atoms with van der Waals surface area (Å²) in [5, 5.41) is 8.68. The molecule has 0 radical (unpaired) electrons. The average Bonchev–Trinajstić information content (AvgIpc) is 2.26. The summed E-state index contributed by atoms with van der Waals surface area (Å²) < 4.78 is 1.96. The van der Waals surface area contributed by atoms with Crippen LogP contribution >= 0.6 is 11.9 Å². The number of carboxylic acids is 1. The summed E-state index contributed by atoms with van der Waals surface area (Å²) in [6.07, 6.45) is 1.63. The average molecular weight is 300 g/mol. The van der Waals surface area contributed by atoms with Gasteiger partial charge in [0.1, 0.15) is 0 Å². The third-order valence-corrected chi connectivity index (χ3v) is 4.46. The molecule has 2 rings (SSSR count). The number of aliphatic carboxylic acids is 1. The van der Waals surface area contributed by atoms with E-state index in [1.165, 1.54) is 10.5 Å². The van der Waals surface area contributed by atoms with Crippen molar-refractivity contribution in [2.75, 3.05) is 0 Å². The van der Waals surface area contributed by atoms with Gasteiger partial charge in [-0.3, -0.25) is 0 Å². The van der Waals surface area contributed by atoms with Gasteiger partial charge in [0.2, 0.25) is 0 Å². The molecule has 1 aliphatic heterocycles. The van der Waals surface area contributed by atoms with Gasteiger partial charge in [0, 0.05) is 0 Å². The van der Waals surface area contributed by atoms with E-state index < -0.39 is 5.97 Å². The molecule has 0 spiro atoms. The Morgan fingerprint density at radius 2 is 2.25 bits per heavy atom. The van der Waals surface area contributed by atoms with Crippen molar-refractivity contribution in [3.63, 3.8) is 0 Å². The van der Waals surface area contributed by atoms with Gasteiger partial charge < -0.3 is 0 Å². The van der Waals surface area contributed by atoms with Gasteiger partial charge in [-0.25, -0.2) is 0 Å². The second-order valence-corrected chi connectivity index (χ2v) is 5.87. The van der Waals surface area contributed by atoms with Crippen LogP contribution < -0.4 is 0 Å². The molecule has 1 N–H and O–H groups in total. The van der Waals surface area contributed by atoms with Crippen molar-refractivity contribution in [1.29, 1.82) is 0 Å². The van der Waals surface area contributed by atoms with Crippen LogP contribution in [0.3, 0.4) is 0 Å². The standard InChI is InChI=1S/C11H11NO2SSe/c13-11(14)6-5-9-7-8-3-1-2-4-10(8)15-12(9)16/h1-4H,5-7H2,(H,13,14). The van der Waals surface area contributed by atoms with Crippen molar-refractivity contribution in [2.45, 2.75) is 24.2 Å². The summed E-state index contributed by atoms with van der Waals surface area (Å²) in [5.74, 6) is -0.746. The first-order valence-electron chi connectivity index (χ1n) is 4.96. The molecule has 1 aromatic rings. The van der Waals surface area contributed by atoms with Crippen LogP contribution in [0, 0.1) is 0 Å². The summed E-state index contributed by atoms with van der Waals surface area (Å²) in [5.41, 5.74) is 2.41. The van der Waals surface area contributed by atoms with Crippen molar-refractivity contribution < 1.29 is 12.9 Å². The molecule has 0 amide bonds. The molecule has 0 saturated carbocycles. The zero-order chi connectivity index (χ0) is 11.5. The molecule has 5 heteroatoms. The van der Waals surface area contributed by atoms with Crippen molar-refractivity contribution in [3.05, 3.63) is 29.8 Å². The molecule has 0 unspecified atom stereocenters. The first-order chi connectivity index (χ1) is 7.66. The summed E-state index contributed by atoms with van der Waals surface area (Å²) in [6.45, 7) is 0. The van der Waals surface area contributed by atoms with Crippen LogP contribution in [0.2, 0.25) is 0 Å². The van der Waals surface area contributed by atoms with E-state index >= 15 is 0 Å². The Morgan fingerprint density at radius 1 is 1.50 bits per heavy atom. The molecule has 16 heavy (non-hydrogen) atoms. The van der Waals surface area contributed by atoms with Crippen LogP contribution in [-0.4, -0.2) is 36.0 Å². The Hall–Kier alpha value is -0.771. The maximum atomic E-state index is 10.5. The predicted octanol–water partition coefficient (Wildman–Crippen LogP) is 1.65. The van der Waals surface area contributed by atoms with Crippen molar-refractivity contribution in [2.24, 2.45) is 0 Å². The SMILES string of the molecule is O=C(O)CCC1=[N+]([Se-])Sc2ccccc2C1. The molecule has 0 bridgehead atoms. The summed E-state index contributed by atoms with van der Waals surface area (Å²) >= 11 is 4.58. The zero-order valence-corrected chi connectivity index (χ0v) is 11.1. The summed E-state index contributed by atoms with van der Waals surface area (Å²) in [6, 6.07) is 8.21. The van der Waals surface area contributed by atoms with E-state index in [9.17, 15) is 4.79 Å². The van der Waals surface area contributed by atoms with Gasteiger partial charge in [-0.2, -0.15) is 0 Å². The summed E-state index contributed by atoms with van der Waals surface area (Å²) in [7, 11) is 0. The molecular weight excluding hydrogens is 289 g/mol. The Balaban J connectivity index is 2.14. The Kier molecular flexibility index (Phi) is 3.69.